The lowest BCUT2D eigenvalue weighted by Crippen LogP contribution is -2.38. The van der Waals surface area contributed by atoms with Crippen LogP contribution < -0.4 is 10.2 Å². The number of benzene rings is 1. The lowest BCUT2D eigenvalue weighted by atomic mass is 10.0. The van der Waals surface area contributed by atoms with Gasteiger partial charge in [-0.05, 0) is 36.6 Å². The highest BCUT2D eigenvalue weighted by atomic mass is 16.2. The number of amides is 2. The summed E-state index contributed by atoms with van der Waals surface area (Å²) in [5.41, 5.74) is 3.02. The average Bonchev–Trinajstić information content (AvgIpc) is 2.47. The van der Waals surface area contributed by atoms with Crippen LogP contribution in [0.3, 0.4) is 0 Å². The molecule has 0 saturated heterocycles. The van der Waals surface area contributed by atoms with Crippen molar-refractivity contribution in [3.63, 3.8) is 0 Å². The number of hydrogen-bond acceptors (Lipinski definition) is 2. The van der Waals surface area contributed by atoms with E-state index < -0.39 is 0 Å². The second-order valence-electron chi connectivity index (χ2n) is 4.55. The van der Waals surface area contributed by atoms with Crippen LogP contribution >= 0.6 is 0 Å². The Hall–Kier alpha value is -2.36. The van der Waals surface area contributed by atoms with E-state index in [1.807, 2.05) is 18.2 Å². The average molecular weight is 253 g/mol. The largest absolute Gasteiger partial charge is 0.326 e. The maximum absolute atomic E-state index is 12.3. The van der Waals surface area contributed by atoms with Crippen LogP contribution in [0.1, 0.15) is 12.0 Å². The molecular formula is C15H15N3O. The molecule has 96 valence electrons. The van der Waals surface area contributed by atoms with Crippen molar-refractivity contribution in [1.29, 1.82) is 0 Å². The summed E-state index contributed by atoms with van der Waals surface area (Å²) in [7, 11) is 0. The topological polar surface area (TPSA) is 45.2 Å². The minimum absolute atomic E-state index is 0.0849. The number of nitrogens with zero attached hydrogens (tertiary/aromatic N) is 2. The van der Waals surface area contributed by atoms with Gasteiger partial charge in [0.2, 0.25) is 0 Å². The number of nitrogens with one attached hydrogen (secondary N) is 1. The number of pyridine rings is 1. The van der Waals surface area contributed by atoms with E-state index in [9.17, 15) is 4.79 Å². The first-order valence-corrected chi connectivity index (χ1v) is 6.41. The molecular weight excluding hydrogens is 238 g/mol. The number of hydrogen-bond donors (Lipinski definition) is 1. The molecule has 3 rings (SSSR count). The first-order valence-electron chi connectivity index (χ1n) is 6.41. The number of carbonyl (C=O) groups excluding carboxylic acids is 1. The first kappa shape index (κ1) is 11.7. The van der Waals surface area contributed by atoms with Gasteiger partial charge in [-0.3, -0.25) is 9.88 Å². The third-order valence-corrected chi connectivity index (χ3v) is 3.29. The molecule has 1 N–H and O–H groups in total. The van der Waals surface area contributed by atoms with E-state index in [-0.39, 0.29) is 6.03 Å². The summed E-state index contributed by atoms with van der Waals surface area (Å²) in [6, 6.07) is 11.6. The van der Waals surface area contributed by atoms with Gasteiger partial charge in [-0.25, -0.2) is 4.79 Å². The van der Waals surface area contributed by atoms with Gasteiger partial charge in [0, 0.05) is 30.3 Å². The molecule has 19 heavy (non-hydrogen) atoms. The third kappa shape index (κ3) is 2.42. The Bertz CT molecular complexity index is 583. The number of para-hydroxylation sites is 1. The predicted octanol–water partition coefficient (Wildman–Crippen LogP) is 3.07. The molecule has 0 fully saturated rings. The number of aryl methyl sites for hydroxylation is 1. The molecule has 1 aromatic heterocycles. The minimum Gasteiger partial charge on any atom is -0.307 e. The summed E-state index contributed by atoms with van der Waals surface area (Å²) in [6.07, 6.45) is 5.37. The van der Waals surface area contributed by atoms with Gasteiger partial charge in [-0.1, -0.05) is 18.2 Å². The molecule has 2 aromatic rings. The minimum atomic E-state index is -0.0849. The van der Waals surface area contributed by atoms with Crippen LogP contribution in [0.15, 0.2) is 48.8 Å². The highest BCUT2D eigenvalue weighted by Crippen LogP contribution is 2.27. The summed E-state index contributed by atoms with van der Waals surface area (Å²) in [6.45, 7) is 0.758. The molecule has 0 atom stereocenters. The standard InChI is InChI=1S/C15H15N3O/c19-15(17-13-7-9-16-10-8-13)18-11-3-5-12-4-1-2-6-14(12)18/h1-2,4,6-10H,3,5,11H2,(H,16,17,19). The highest BCUT2D eigenvalue weighted by molar-refractivity contribution is 6.02. The summed E-state index contributed by atoms with van der Waals surface area (Å²) in [5.74, 6) is 0. The van der Waals surface area contributed by atoms with Crippen LogP contribution in [0, 0.1) is 0 Å². The van der Waals surface area contributed by atoms with Gasteiger partial charge in [0.15, 0.2) is 0 Å². The molecule has 0 spiro atoms. The zero-order valence-corrected chi connectivity index (χ0v) is 10.5. The van der Waals surface area contributed by atoms with Crippen molar-refractivity contribution in [2.45, 2.75) is 12.8 Å². The zero-order valence-electron chi connectivity index (χ0n) is 10.5. The fourth-order valence-electron chi connectivity index (χ4n) is 2.37. The molecule has 0 aliphatic carbocycles. The molecule has 1 aliphatic rings. The maximum Gasteiger partial charge on any atom is 0.326 e. The zero-order chi connectivity index (χ0) is 13.1. The lowest BCUT2D eigenvalue weighted by molar-refractivity contribution is 0.256. The van der Waals surface area contributed by atoms with Gasteiger partial charge in [-0.15, -0.1) is 0 Å². The van der Waals surface area contributed by atoms with Gasteiger partial charge in [0.1, 0.15) is 0 Å². The van der Waals surface area contributed by atoms with Crippen LogP contribution in [-0.4, -0.2) is 17.6 Å². The van der Waals surface area contributed by atoms with Gasteiger partial charge in [-0.2, -0.15) is 0 Å². The first-order chi connectivity index (χ1) is 9.34. The predicted molar refractivity (Wildman–Crippen MR) is 75.4 cm³/mol. The quantitative estimate of drug-likeness (QED) is 0.849. The van der Waals surface area contributed by atoms with Crippen molar-refractivity contribution < 1.29 is 4.79 Å². The van der Waals surface area contributed by atoms with Gasteiger partial charge < -0.3 is 5.32 Å². The van der Waals surface area contributed by atoms with Crippen LogP contribution in [0.5, 0.6) is 0 Å². The highest BCUT2D eigenvalue weighted by Gasteiger charge is 2.21. The second kappa shape index (κ2) is 5.10. The number of urea groups is 1. The van der Waals surface area contributed by atoms with E-state index >= 15 is 0 Å². The van der Waals surface area contributed by atoms with Crippen molar-refractivity contribution in [1.82, 2.24) is 4.98 Å². The Morgan fingerprint density at radius 2 is 1.95 bits per heavy atom. The fourth-order valence-corrected chi connectivity index (χ4v) is 2.37. The molecule has 2 heterocycles. The van der Waals surface area contributed by atoms with Crippen molar-refractivity contribution in [3.8, 4) is 0 Å². The number of aromatic nitrogens is 1. The van der Waals surface area contributed by atoms with Crippen LogP contribution in [0.4, 0.5) is 16.2 Å². The molecule has 1 aromatic carbocycles. The second-order valence-corrected chi connectivity index (χ2v) is 4.55. The van der Waals surface area contributed by atoms with Gasteiger partial charge >= 0.3 is 6.03 Å². The normalized spacial score (nSPS) is 13.8. The molecule has 0 unspecified atom stereocenters. The maximum atomic E-state index is 12.3. The number of carbonyl (C=O) groups is 1. The molecule has 0 saturated carbocycles. The third-order valence-electron chi connectivity index (χ3n) is 3.29. The lowest BCUT2D eigenvalue weighted by Gasteiger charge is -2.29. The molecule has 4 heteroatoms. The molecule has 4 nitrogen and oxygen atoms in total. The van der Waals surface area contributed by atoms with Crippen molar-refractivity contribution >= 4 is 17.4 Å². The SMILES string of the molecule is O=C(Nc1ccncc1)N1CCCc2ccccc21. The van der Waals surface area contributed by atoms with E-state index in [1.165, 1.54) is 5.56 Å². The van der Waals surface area contributed by atoms with Crippen LogP contribution in [-0.2, 0) is 6.42 Å². The molecule has 0 bridgehead atoms. The monoisotopic (exact) mass is 253 g/mol. The van der Waals surface area contributed by atoms with E-state index in [1.54, 1.807) is 29.4 Å². The summed E-state index contributed by atoms with van der Waals surface area (Å²) in [5, 5.41) is 2.90. The summed E-state index contributed by atoms with van der Waals surface area (Å²) in [4.78, 5) is 18.1. The van der Waals surface area contributed by atoms with E-state index in [0.717, 1.165) is 30.8 Å². The Balaban J connectivity index is 1.82. The summed E-state index contributed by atoms with van der Waals surface area (Å²) >= 11 is 0. The Morgan fingerprint density at radius 3 is 2.79 bits per heavy atom. The number of anilines is 2. The van der Waals surface area contributed by atoms with Crippen LogP contribution in [0.2, 0.25) is 0 Å². The van der Waals surface area contributed by atoms with E-state index in [2.05, 4.69) is 16.4 Å². The fraction of sp³-hybridized carbons (Fsp3) is 0.200. The Morgan fingerprint density at radius 1 is 1.16 bits per heavy atom. The Kier molecular flexibility index (Phi) is 3.14. The van der Waals surface area contributed by atoms with E-state index in [4.69, 9.17) is 0 Å². The number of fused-ring (bicyclic) bond motifs is 1. The van der Waals surface area contributed by atoms with Crippen LogP contribution in [0.25, 0.3) is 0 Å². The van der Waals surface area contributed by atoms with Crippen molar-refractivity contribution in [2.75, 3.05) is 16.8 Å². The molecule has 2 amide bonds. The van der Waals surface area contributed by atoms with Crippen molar-refractivity contribution in [2.24, 2.45) is 0 Å². The summed E-state index contributed by atoms with van der Waals surface area (Å²) < 4.78 is 0. The van der Waals surface area contributed by atoms with Crippen molar-refractivity contribution in [3.05, 3.63) is 54.4 Å². The van der Waals surface area contributed by atoms with Gasteiger partial charge in [0.05, 0.1) is 0 Å². The number of rotatable bonds is 1. The molecule has 0 radical (unpaired) electrons. The Labute approximate surface area is 112 Å². The molecule has 1 aliphatic heterocycles. The van der Waals surface area contributed by atoms with Gasteiger partial charge in [0.25, 0.3) is 0 Å². The van der Waals surface area contributed by atoms with E-state index in [0.29, 0.717) is 0 Å². The smallest absolute Gasteiger partial charge is 0.307 e.